The van der Waals surface area contributed by atoms with E-state index < -0.39 is 10.0 Å². The first-order chi connectivity index (χ1) is 11.5. The van der Waals surface area contributed by atoms with Crippen LogP contribution < -0.4 is 9.46 Å². The highest BCUT2D eigenvalue weighted by Gasteiger charge is 2.11. The molecule has 0 radical (unpaired) electrons. The largest absolute Gasteiger partial charge is 0.497 e. The fourth-order valence-corrected chi connectivity index (χ4v) is 3.15. The number of amides is 1. The normalized spacial score (nSPS) is 11.4. The Kier molecular flexibility index (Phi) is 4.17. The topological polar surface area (TPSA) is 103 Å². The molecule has 1 aromatic heterocycles. The molecule has 2 aromatic carbocycles. The van der Waals surface area contributed by atoms with Crippen LogP contribution in [0.5, 0.6) is 5.75 Å². The minimum atomic E-state index is -3.66. The molecular weight excluding hydrogens is 332 g/mol. The zero-order chi connectivity index (χ0) is 17.2. The van der Waals surface area contributed by atoms with Crippen LogP contribution in [-0.4, -0.2) is 36.9 Å². The molecule has 0 atom stereocenters. The predicted octanol–water partition coefficient (Wildman–Crippen LogP) is 1.00. The second-order valence-corrected chi connectivity index (χ2v) is 6.77. The fourth-order valence-electron chi connectivity index (χ4n) is 2.29. The van der Waals surface area contributed by atoms with Crippen molar-refractivity contribution in [1.29, 1.82) is 0 Å². The highest BCUT2D eigenvalue weighted by molar-refractivity contribution is 7.89. The summed E-state index contributed by atoms with van der Waals surface area (Å²) in [5, 5.41) is 8.21. The summed E-state index contributed by atoms with van der Waals surface area (Å²) in [4.78, 5) is 10.3. The third-order valence-corrected chi connectivity index (χ3v) is 4.59. The Hall–Kier alpha value is -2.94. The molecular formula is C15H14N4O4S. The Labute approximate surface area is 138 Å². The van der Waals surface area contributed by atoms with Crippen LogP contribution in [0, 0.1) is 0 Å². The van der Waals surface area contributed by atoms with Gasteiger partial charge in [-0.25, -0.2) is 13.1 Å². The Morgan fingerprint density at radius 2 is 1.96 bits per heavy atom. The van der Waals surface area contributed by atoms with E-state index in [0.29, 0.717) is 16.8 Å². The van der Waals surface area contributed by atoms with E-state index in [9.17, 15) is 13.2 Å². The van der Waals surface area contributed by atoms with Crippen molar-refractivity contribution < 1.29 is 17.9 Å². The van der Waals surface area contributed by atoms with Crippen LogP contribution in [0.25, 0.3) is 16.7 Å². The van der Waals surface area contributed by atoms with Crippen molar-refractivity contribution >= 4 is 27.5 Å². The summed E-state index contributed by atoms with van der Waals surface area (Å²) in [5.74, 6) is 0.416. The lowest BCUT2D eigenvalue weighted by Crippen LogP contribution is -2.23. The number of hydrogen-bond donors (Lipinski definition) is 1. The summed E-state index contributed by atoms with van der Waals surface area (Å²) in [6.07, 6.45) is 0.152. The zero-order valence-electron chi connectivity index (χ0n) is 12.7. The van der Waals surface area contributed by atoms with Gasteiger partial charge >= 0.3 is 0 Å². The molecule has 3 rings (SSSR count). The second kappa shape index (κ2) is 6.28. The first-order valence-corrected chi connectivity index (χ1v) is 8.60. The molecule has 1 heterocycles. The molecule has 1 amide bonds. The number of benzene rings is 2. The van der Waals surface area contributed by atoms with Gasteiger partial charge in [-0.3, -0.25) is 9.52 Å². The van der Waals surface area contributed by atoms with Crippen LogP contribution in [0.3, 0.4) is 0 Å². The van der Waals surface area contributed by atoms with Crippen LogP contribution in [0.1, 0.15) is 5.56 Å². The van der Waals surface area contributed by atoms with Crippen molar-refractivity contribution in [3.63, 3.8) is 0 Å². The van der Waals surface area contributed by atoms with E-state index in [2.05, 4.69) is 10.3 Å². The standard InChI is InChI=1S/C15H14N4O4S/c1-23-13-6-7-15-14(8-13)17-18-19(15)12-4-2-11(3-5-12)9-24(21,22)16-10-20/h2-8,10H,9H2,1H3,(H,16,20). The number of hydrogen-bond acceptors (Lipinski definition) is 6. The van der Waals surface area contributed by atoms with Crippen LogP contribution >= 0.6 is 0 Å². The van der Waals surface area contributed by atoms with Crippen molar-refractivity contribution in [2.24, 2.45) is 0 Å². The molecule has 24 heavy (non-hydrogen) atoms. The molecule has 0 aliphatic rings. The minimum Gasteiger partial charge on any atom is -0.497 e. The summed E-state index contributed by atoms with van der Waals surface area (Å²) in [6, 6.07) is 12.3. The highest BCUT2D eigenvalue weighted by atomic mass is 32.2. The maximum atomic E-state index is 11.6. The molecule has 0 saturated heterocycles. The van der Waals surface area contributed by atoms with Crippen molar-refractivity contribution in [3.05, 3.63) is 48.0 Å². The quantitative estimate of drug-likeness (QED) is 0.668. The molecule has 0 aliphatic heterocycles. The van der Waals surface area contributed by atoms with E-state index in [-0.39, 0.29) is 12.2 Å². The molecule has 9 heteroatoms. The summed E-state index contributed by atoms with van der Waals surface area (Å²) in [5.41, 5.74) is 2.79. The molecule has 8 nitrogen and oxygen atoms in total. The lowest BCUT2D eigenvalue weighted by Gasteiger charge is -2.06. The number of sulfonamides is 1. The molecule has 3 aromatic rings. The van der Waals surface area contributed by atoms with Crippen molar-refractivity contribution in [2.45, 2.75) is 5.75 Å². The van der Waals surface area contributed by atoms with Gasteiger partial charge in [0.15, 0.2) is 0 Å². The first-order valence-electron chi connectivity index (χ1n) is 6.95. The van der Waals surface area contributed by atoms with E-state index >= 15 is 0 Å². The summed E-state index contributed by atoms with van der Waals surface area (Å²) in [7, 11) is -2.08. The smallest absolute Gasteiger partial charge is 0.238 e. The maximum absolute atomic E-state index is 11.6. The predicted molar refractivity (Wildman–Crippen MR) is 87.2 cm³/mol. The number of ether oxygens (including phenoxy) is 1. The van der Waals surface area contributed by atoms with E-state index in [1.807, 2.05) is 12.1 Å². The van der Waals surface area contributed by atoms with Gasteiger partial charge in [0.25, 0.3) is 0 Å². The monoisotopic (exact) mass is 346 g/mol. The van der Waals surface area contributed by atoms with Crippen molar-refractivity contribution in [1.82, 2.24) is 19.7 Å². The van der Waals surface area contributed by atoms with E-state index in [1.165, 1.54) is 0 Å². The third kappa shape index (κ3) is 3.20. The van der Waals surface area contributed by atoms with Gasteiger partial charge in [0.1, 0.15) is 11.3 Å². The Morgan fingerprint density at radius 3 is 2.62 bits per heavy atom. The molecule has 0 unspecified atom stereocenters. The third-order valence-electron chi connectivity index (χ3n) is 3.42. The van der Waals surface area contributed by atoms with E-state index in [1.54, 1.807) is 46.8 Å². The Morgan fingerprint density at radius 1 is 1.21 bits per heavy atom. The molecule has 0 spiro atoms. The van der Waals surface area contributed by atoms with Crippen LogP contribution in [-0.2, 0) is 20.6 Å². The van der Waals surface area contributed by atoms with Gasteiger partial charge in [-0.1, -0.05) is 17.3 Å². The molecule has 1 N–H and O–H groups in total. The van der Waals surface area contributed by atoms with E-state index in [4.69, 9.17) is 4.74 Å². The van der Waals surface area contributed by atoms with Crippen LogP contribution in [0.15, 0.2) is 42.5 Å². The van der Waals surface area contributed by atoms with Gasteiger partial charge in [0.05, 0.1) is 24.1 Å². The molecule has 0 bridgehead atoms. The number of methoxy groups -OCH3 is 1. The van der Waals surface area contributed by atoms with Gasteiger partial charge < -0.3 is 4.74 Å². The van der Waals surface area contributed by atoms with Gasteiger partial charge in [0, 0.05) is 6.07 Å². The van der Waals surface area contributed by atoms with Gasteiger partial charge in [0.2, 0.25) is 16.4 Å². The number of nitrogens with one attached hydrogen (secondary N) is 1. The average molecular weight is 346 g/mol. The Balaban J connectivity index is 1.90. The number of nitrogens with zero attached hydrogens (tertiary/aromatic N) is 3. The number of rotatable bonds is 6. The van der Waals surface area contributed by atoms with Crippen molar-refractivity contribution in [2.75, 3.05) is 7.11 Å². The number of aromatic nitrogens is 3. The van der Waals surface area contributed by atoms with E-state index in [0.717, 1.165) is 11.2 Å². The Bertz CT molecular complexity index is 980. The molecule has 124 valence electrons. The van der Waals surface area contributed by atoms with Gasteiger partial charge in [-0.2, -0.15) is 0 Å². The fraction of sp³-hybridized carbons (Fsp3) is 0.133. The number of fused-ring (bicyclic) bond motifs is 1. The second-order valence-electron chi connectivity index (χ2n) is 5.02. The van der Waals surface area contributed by atoms with Gasteiger partial charge in [-0.15, -0.1) is 5.10 Å². The lowest BCUT2D eigenvalue weighted by molar-refractivity contribution is -0.108. The summed E-state index contributed by atoms with van der Waals surface area (Å²) < 4.78 is 31.7. The highest BCUT2D eigenvalue weighted by Crippen LogP contribution is 2.21. The first kappa shape index (κ1) is 15.9. The van der Waals surface area contributed by atoms with Crippen molar-refractivity contribution in [3.8, 4) is 11.4 Å². The molecule has 0 saturated carbocycles. The summed E-state index contributed by atoms with van der Waals surface area (Å²) in [6.45, 7) is 0. The molecule has 0 aliphatic carbocycles. The van der Waals surface area contributed by atoms with Crippen LogP contribution in [0.2, 0.25) is 0 Å². The lowest BCUT2D eigenvalue weighted by atomic mass is 10.2. The number of carbonyl (C=O) groups excluding carboxylic acids is 1. The number of carbonyl (C=O) groups is 1. The minimum absolute atomic E-state index is 0.152. The van der Waals surface area contributed by atoms with Gasteiger partial charge in [-0.05, 0) is 29.8 Å². The van der Waals surface area contributed by atoms with Crippen LogP contribution in [0.4, 0.5) is 0 Å². The summed E-state index contributed by atoms with van der Waals surface area (Å²) >= 11 is 0. The SMILES string of the molecule is COc1ccc2c(c1)nnn2-c1ccc(CS(=O)(=O)NC=O)cc1. The molecule has 0 fully saturated rings. The maximum Gasteiger partial charge on any atom is 0.238 e. The average Bonchev–Trinajstić information content (AvgIpc) is 2.98. The zero-order valence-corrected chi connectivity index (χ0v) is 13.5.